The van der Waals surface area contributed by atoms with E-state index < -0.39 is 0 Å². The summed E-state index contributed by atoms with van der Waals surface area (Å²) in [6.07, 6.45) is 1.76. The number of hydrogen-bond acceptors (Lipinski definition) is 2. The number of allylic oxidation sites excluding steroid dienone is 1. The molecule has 0 aromatic heterocycles. The van der Waals surface area contributed by atoms with Crippen molar-refractivity contribution in [3.63, 3.8) is 0 Å². The lowest BCUT2D eigenvalue weighted by Gasteiger charge is -2.12. The average molecular weight is 465 g/mol. The van der Waals surface area contributed by atoms with Gasteiger partial charge < -0.3 is 4.74 Å². The van der Waals surface area contributed by atoms with E-state index in [-0.39, 0.29) is 6.61 Å². The number of rotatable bonds is 5. The Morgan fingerprint density at radius 3 is 2.19 bits per heavy atom. The van der Waals surface area contributed by atoms with Gasteiger partial charge >= 0.3 is 0 Å². The van der Waals surface area contributed by atoms with E-state index in [4.69, 9.17) is 39.5 Å². The zero-order valence-electron chi connectivity index (χ0n) is 16.3. The third kappa shape index (κ3) is 4.86. The second kappa shape index (κ2) is 9.45. The van der Waals surface area contributed by atoms with Gasteiger partial charge in [-0.25, -0.2) is 0 Å². The molecule has 31 heavy (non-hydrogen) atoms. The second-order valence-electron chi connectivity index (χ2n) is 6.93. The first-order valence-electron chi connectivity index (χ1n) is 9.51. The summed E-state index contributed by atoms with van der Waals surface area (Å²) in [5.74, 6) is 0.379. The molecule has 0 fully saturated rings. The lowest BCUT2D eigenvalue weighted by atomic mass is 10.00. The number of benzene rings is 4. The molecule has 0 bridgehead atoms. The maximum atomic E-state index is 9.72. The molecule has 5 heteroatoms. The molecule has 0 heterocycles. The van der Waals surface area contributed by atoms with Gasteiger partial charge in [-0.2, -0.15) is 5.26 Å². The van der Waals surface area contributed by atoms with E-state index in [1.807, 2.05) is 60.7 Å². The van der Waals surface area contributed by atoms with Gasteiger partial charge in [-0.05, 0) is 52.2 Å². The third-order valence-corrected chi connectivity index (χ3v) is 5.77. The van der Waals surface area contributed by atoms with Crippen LogP contribution < -0.4 is 4.74 Å². The molecule has 0 aliphatic carbocycles. The minimum absolute atomic E-state index is 0.245. The number of nitrogens with zero attached hydrogens (tertiary/aromatic N) is 1. The topological polar surface area (TPSA) is 33.0 Å². The zero-order chi connectivity index (χ0) is 21.8. The smallest absolute Gasteiger partial charge is 0.157 e. The SMILES string of the molecule is N#C/C(=C/c1cc(Cl)c(OCc2ccccc2Cl)c(Cl)c1)c1ccc2ccccc2c1. The van der Waals surface area contributed by atoms with Gasteiger partial charge in [0.2, 0.25) is 0 Å². The van der Waals surface area contributed by atoms with Crippen LogP contribution in [0.4, 0.5) is 0 Å². The molecule has 0 unspecified atom stereocenters. The van der Waals surface area contributed by atoms with Crippen LogP contribution in [-0.2, 0) is 6.61 Å². The van der Waals surface area contributed by atoms with Crippen LogP contribution in [0.5, 0.6) is 5.75 Å². The van der Waals surface area contributed by atoms with E-state index in [1.165, 1.54) is 0 Å². The minimum atomic E-state index is 0.245. The fourth-order valence-electron chi connectivity index (χ4n) is 3.27. The highest BCUT2D eigenvalue weighted by molar-refractivity contribution is 6.37. The highest BCUT2D eigenvalue weighted by Gasteiger charge is 2.12. The number of fused-ring (bicyclic) bond motifs is 1. The molecule has 0 N–H and O–H groups in total. The lowest BCUT2D eigenvalue weighted by Crippen LogP contribution is -1.97. The van der Waals surface area contributed by atoms with Gasteiger partial charge in [0.15, 0.2) is 5.75 Å². The van der Waals surface area contributed by atoms with Crippen molar-refractivity contribution in [2.75, 3.05) is 0 Å². The van der Waals surface area contributed by atoms with Gasteiger partial charge in [-0.1, -0.05) is 89.4 Å². The summed E-state index contributed by atoms with van der Waals surface area (Å²) in [5.41, 5.74) is 2.89. The van der Waals surface area contributed by atoms with E-state index in [1.54, 1.807) is 24.3 Å². The van der Waals surface area contributed by atoms with Crippen molar-refractivity contribution in [2.24, 2.45) is 0 Å². The van der Waals surface area contributed by atoms with Gasteiger partial charge in [-0.3, -0.25) is 0 Å². The predicted molar refractivity (Wildman–Crippen MR) is 130 cm³/mol. The van der Waals surface area contributed by atoms with Crippen LogP contribution >= 0.6 is 34.8 Å². The van der Waals surface area contributed by atoms with Crippen molar-refractivity contribution < 1.29 is 4.74 Å². The molecule has 4 aromatic carbocycles. The summed E-state index contributed by atoms with van der Waals surface area (Å²) in [7, 11) is 0. The van der Waals surface area contributed by atoms with Crippen molar-refractivity contribution >= 4 is 57.2 Å². The Balaban J connectivity index is 1.62. The summed E-state index contributed by atoms with van der Waals surface area (Å²) >= 11 is 19.1. The first-order chi connectivity index (χ1) is 15.0. The van der Waals surface area contributed by atoms with Crippen molar-refractivity contribution in [3.8, 4) is 11.8 Å². The van der Waals surface area contributed by atoms with E-state index in [0.29, 0.717) is 32.0 Å². The average Bonchev–Trinajstić information content (AvgIpc) is 2.77. The molecule has 0 amide bonds. The van der Waals surface area contributed by atoms with Crippen molar-refractivity contribution in [3.05, 3.63) is 111 Å². The lowest BCUT2D eigenvalue weighted by molar-refractivity contribution is 0.306. The minimum Gasteiger partial charge on any atom is -0.486 e. The summed E-state index contributed by atoms with van der Waals surface area (Å²) in [4.78, 5) is 0. The Labute approximate surface area is 195 Å². The standard InChI is InChI=1S/C26H16Cl3NO/c27-23-8-4-3-7-21(23)16-31-26-24(28)12-17(13-25(26)29)11-22(15-30)20-10-9-18-5-1-2-6-19(18)14-20/h1-14H,16H2/b22-11-. The van der Waals surface area contributed by atoms with Gasteiger partial charge in [0, 0.05) is 10.6 Å². The number of ether oxygens (including phenoxy) is 1. The van der Waals surface area contributed by atoms with Crippen LogP contribution in [0, 0.1) is 11.3 Å². The van der Waals surface area contributed by atoms with E-state index >= 15 is 0 Å². The van der Waals surface area contributed by atoms with Crippen LogP contribution in [-0.4, -0.2) is 0 Å². The quantitative estimate of drug-likeness (QED) is 0.219. The van der Waals surface area contributed by atoms with E-state index in [2.05, 4.69) is 6.07 Å². The Morgan fingerprint density at radius 2 is 1.48 bits per heavy atom. The monoisotopic (exact) mass is 463 g/mol. The molecule has 0 radical (unpaired) electrons. The van der Waals surface area contributed by atoms with Crippen LogP contribution in [0.2, 0.25) is 15.1 Å². The molecular formula is C26H16Cl3NO. The van der Waals surface area contributed by atoms with Crippen molar-refractivity contribution in [2.45, 2.75) is 6.61 Å². The molecule has 152 valence electrons. The number of halogens is 3. The first kappa shape index (κ1) is 21.3. The van der Waals surface area contributed by atoms with Crippen LogP contribution in [0.15, 0.2) is 78.9 Å². The van der Waals surface area contributed by atoms with E-state index in [9.17, 15) is 5.26 Å². The molecule has 0 atom stereocenters. The molecular weight excluding hydrogens is 449 g/mol. The molecule has 4 rings (SSSR count). The molecule has 0 saturated carbocycles. The second-order valence-corrected chi connectivity index (χ2v) is 8.15. The van der Waals surface area contributed by atoms with Gasteiger partial charge in [0.25, 0.3) is 0 Å². The predicted octanol–water partition coefficient (Wildman–Crippen LogP) is 8.44. The normalized spacial score (nSPS) is 11.4. The Hall–Kier alpha value is -2.96. The molecule has 0 aliphatic rings. The third-order valence-electron chi connectivity index (χ3n) is 4.84. The van der Waals surface area contributed by atoms with Gasteiger partial charge in [0.1, 0.15) is 6.61 Å². The Morgan fingerprint density at radius 1 is 0.806 bits per heavy atom. The van der Waals surface area contributed by atoms with Crippen LogP contribution in [0.1, 0.15) is 16.7 Å². The Bertz CT molecular complexity index is 1320. The molecule has 0 spiro atoms. The fourth-order valence-corrected chi connectivity index (χ4v) is 4.07. The maximum absolute atomic E-state index is 9.72. The summed E-state index contributed by atoms with van der Waals surface area (Å²) in [6.45, 7) is 0.245. The molecule has 0 saturated heterocycles. The summed E-state index contributed by atoms with van der Waals surface area (Å²) in [5, 5.41) is 13.3. The molecule has 0 aliphatic heterocycles. The van der Waals surface area contributed by atoms with Gasteiger partial charge in [0.05, 0.1) is 21.7 Å². The largest absolute Gasteiger partial charge is 0.486 e. The van der Waals surface area contributed by atoms with Crippen molar-refractivity contribution in [1.29, 1.82) is 5.26 Å². The van der Waals surface area contributed by atoms with Crippen molar-refractivity contribution in [1.82, 2.24) is 0 Å². The Kier molecular flexibility index (Phi) is 6.49. The number of nitriles is 1. The van der Waals surface area contributed by atoms with E-state index in [0.717, 1.165) is 21.9 Å². The first-order valence-corrected chi connectivity index (χ1v) is 10.6. The van der Waals surface area contributed by atoms with Crippen LogP contribution in [0.3, 0.4) is 0 Å². The highest BCUT2D eigenvalue weighted by atomic mass is 35.5. The summed E-state index contributed by atoms with van der Waals surface area (Å²) < 4.78 is 5.82. The maximum Gasteiger partial charge on any atom is 0.157 e. The summed E-state index contributed by atoms with van der Waals surface area (Å²) in [6, 6.07) is 27.1. The molecule has 4 aromatic rings. The van der Waals surface area contributed by atoms with Crippen LogP contribution in [0.25, 0.3) is 22.4 Å². The molecule has 2 nitrogen and oxygen atoms in total. The highest BCUT2D eigenvalue weighted by Crippen LogP contribution is 2.36. The number of hydrogen-bond donors (Lipinski definition) is 0. The zero-order valence-corrected chi connectivity index (χ0v) is 18.5. The fraction of sp³-hybridized carbons (Fsp3) is 0.0385. The van der Waals surface area contributed by atoms with Gasteiger partial charge in [-0.15, -0.1) is 0 Å².